The van der Waals surface area contributed by atoms with E-state index >= 15 is 0 Å². The molecular formula is C17H19N3O. The molecule has 0 aromatic heterocycles. The molecule has 0 spiro atoms. The van der Waals surface area contributed by atoms with Gasteiger partial charge in [0.05, 0.1) is 0 Å². The maximum atomic E-state index is 11.9. The zero-order chi connectivity index (χ0) is 15.1. The van der Waals surface area contributed by atoms with Crippen LogP contribution in [-0.4, -0.2) is 19.3 Å². The van der Waals surface area contributed by atoms with Gasteiger partial charge < -0.3 is 10.6 Å². The third-order valence-electron chi connectivity index (χ3n) is 3.07. The van der Waals surface area contributed by atoms with Gasteiger partial charge in [-0.3, -0.25) is 4.99 Å². The smallest absolute Gasteiger partial charge is 0.308 e. The van der Waals surface area contributed by atoms with E-state index in [9.17, 15) is 4.79 Å². The Hall–Kier alpha value is -2.62. The molecule has 0 fully saturated rings. The average Bonchev–Trinajstić information content (AvgIpc) is 2.50. The maximum absolute atomic E-state index is 11.9. The van der Waals surface area contributed by atoms with Gasteiger partial charge in [0.15, 0.2) is 0 Å². The first kappa shape index (κ1) is 14.8. The molecule has 0 unspecified atom stereocenters. The van der Waals surface area contributed by atoms with Crippen molar-refractivity contribution < 1.29 is 4.79 Å². The van der Waals surface area contributed by atoms with Gasteiger partial charge in [0.1, 0.15) is 0 Å². The predicted molar refractivity (Wildman–Crippen MR) is 88.4 cm³/mol. The summed E-state index contributed by atoms with van der Waals surface area (Å²) in [6.45, 7) is 2.10. The molecule has 2 aromatic carbocycles. The number of aliphatic imine (C=N–C) groups is 1. The van der Waals surface area contributed by atoms with Gasteiger partial charge in [-0.05, 0) is 41.8 Å². The lowest BCUT2D eigenvalue weighted by Gasteiger charge is -2.08. The lowest BCUT2D eigenvalue weighted by molar-refractivity contribution is 0.262. The third kappa shape index (κ3) is 4.45. The highest BCUT2D eigenvalue weighted by molar-refractivity contribution is 5.99. The Morgan fingerprint density at radius 1 is 1.00 bits per heavy atom. The van der Waals surface area contributed by atoms with Gasteiger partial charge in [0.25, 0.3) is 0 Å². The second kappa shape index (κ2) is 7.24. The van der Waals surface area contributed by atoms with Gasteiger partial charge in [-0.2, -0.15) is 0 Å². The molecule has 2 N–H and O–H groups in total. The summed E-state index contributed by atoms with van der Waals surface area (Å²) < 4.78 is 0. The molecule has 0 aliphatic rings. The summed E-state index contributed by atoms with van der Waals surface area (Å²) in [6.07, 6.45) is 2.75. The second-order valence-corrected chi connectivity index (χ2v) is 4.64. The highest BCUT2D eigenvalue weighted by Gasteiger charge is 2.02. The van der Waals surface area contributed by atoms with Crippen LogP contribution in [0.4, 0.5) is 16.2 Å². The van der Waals surface area contributed by atoms with Crippen LogP contribution in [0.3, 0.4) is 0 Å². The number of carbonyl (C=O) groups excluding carboxylic acids is 1. The molecule has 108 valence electrons. The van der Waals surface area contributed by atoms with Crippen LogP contribution in [0.1, 0.15) is 18.1 Å². The van der Waals surface area contributed by atoms with E-state index in [4.69, 9.17) is 0 Å². The van der Waals surface area contributed by atoms with E-state index in [0.29, 0.717) is 0 Å². The van der Waals surface area contributed by atoms with Crippen molar-refractivity contribution in [2.24, 2.45) is 4.99 Å². The molecule has 0 heterocycles. The number of amides is 2. The third-order valence-corrected chi connectivity index (χ3v) is 3.07. The fourth-order valence-electron chi connectivity index (χ4n) is 1.92. The van der Waals surface area contributed by atoms with Crippen molar-refractivity contribution in [1.82, 2.24) is 0 Å². The highest BCUT2D eigenvalue weighted by Crippen LogP contribution is 2.12. The second-order valence-electron chi connectivity index (χ2n) is 4.64. The van der Waals surface area contributed by atoms with E-state index in [1.807, 2.05) is 48.5 Å². The molecule has 0 aliphatic carbocycles. The fourth-order valence-corrected chi connectivity index (χ4v) is 1.92. The predicted octanol–water partition coefficient (Wildman–Crippen LogP) is 3.94. The molecule has 0 radical (unpaired) electrons. The summed E-state index contributed by atoms with van der Waals surface area (Å²) in [5, 5.41) is 5.60. The molecule has 21 heavy (non-hydrogen) atoms. The zero-order valence-corrected chi connectivity index (χ0v) is 12.3. The Balaban J connectivity index is 1.94. The van der Waals surface area contributed by atoms with E-state index in [2.05, 4.69) is 22.5 Å². The number of carbonyl (C=O) groups is 1. The Kier molecular flexibility index (Phi) is 5.10. The average molecular weight is 281 g/mol. The summed E-state index contributed by atoms with van der Waals surface area (Å²) in [5.41, 5.74) is 3.76. The number of hydrogen-bond donors (Lipinski definition) is 2. The summed E-state index contributed by atoms with van der Waals surface area (Å²) in [7, 11) is 1.73. The minimum absolute atomic E-state index is 0.254. The maximum Gasteiger partial charge on any atom is 0.323 e. The monoisotopic (exact) mass is 281 g/mol. The Bertz CT molecular complexity index is 615. The van der Waals surface area contributed by atoms with Crippen LogP contribution in [0.5, 0.6) is 0 Å². The van der Waals surface area contributed by atoms with Gasteiger partial charge >= 0.3 is 6.03 Å². The number of rotatable bonds is 4. The molecule has 2 rings (SSSR count). The molecule has 2 aromatic rings. The standard InChI is InChI=1S/C17H19N3O/c1-3-13-4-8-15(9-5-13)19-17(21)20-16-10-6-14(7-11-16)12-18-2/h4-12H,3H2,1-2H3,(H2,19,20,21). The summed E-state index contributed by atoms with van der Waals surface area (Å²) in [5.74, 6) is 0. The lowest BCUT2D eigenvalue weighted by Crippen LogP contribution is -2.19. The van der Waals surface area contributed by atoms with Crippen LogP contribution < -0.4 is 10.6 Å². The van der Waals surface area contributed by atoms with E-state index in [1.165, 1.54) is 5.56 Å². The van der Waals surface area contributed by atoms with Crippen LogP contribution in [0, 0.1) is 0 Å². The Morgan fingerprint density at radius 3 is 2.00 bits per heavy atom. The Labute approximate surface area is 124 Å². The molecule has 0 atom stereocenters. The van der Waals surface area contributed by atoms with Crippen molar-refractivity contribution in [3.63, 3.8) is 0 Å². The van der Waals surface area contributed by atoms with E-state index in [-0.39, 0.29) is 6.03 Å². The van der Waals surface area contributed by atoms with Crippen LogP contribution in [-0.2, 0) is 6.42 Å². The van der Waals surface area contributed by atoms with Gasteiger partial charge in [0.2, 0.25) is 0 Å². The van der Waals surface area contributed by atoms with Crippen molar-refractivity contribution in [2.45, 2.75) is 13.3 Å². The van der Waals surface area contributed by atoms with Gasteiger partial charge in [-0.1, -0.05) is 31.2 Å². The molecule has 0 saturated carbocycles. The SMILES string of the molecule is CCc1ccc(NC(=O)Nc2ccc(C=NC)cc2)cc1. The number of urea groups is 1. The van der Waals surface area contributed by atoms with Crippen molar-refractivity contribution in [3.8, 4) is 0 Å². The minimum Gasteiger partial charge on any atom is -0.308 e. The molecule has 0 saturated heterocycles. The molecule has 4 nitrogen and oxygen atoms in total. The minimum atomic E-state index is -0.254. The van der Waals surface area contributed by atoms with Crippen molar-refractivity contribution in [3.05, 3.63) is 59.7 Å². The molecule has 2 amide bonds. The number of aryl methyl sites for hydroxylation is 1. The van der Waals surface area contributed by atoms with E-state index in [0.717, 1.165) is 23.4 Å². The van der Waals surface area contributed by atoms with Crippen LogP contribution in [0.25, 0.3) is 0 Å². The number of hydrogen-bond acceptors (Lipinski definition) is 2. The molecular weight excluding hydrogens is 262 g/mol. The summed E-state index contributed by atoms with van der Waals surface area (Å²) >= 11 is 0. The first-order chi connectivity index (χ1) is 10.2. The zero-order valence-electron chi connectivity index (χ0n) is 12.3. The van der Waals surface area contributed by atoms with Crippen LogP contribution >= 0.6 is 0 Å². The molecule has 0 bridgehead atoms. The van der Waals surface area contributed by atoms with Gasteiger partial charge in [-0.15, -0.1) is 0 Å². The summed E-state index contributed by atoms with van der Waals surface area (Å²) in [6, 6.07) is 15.1. The highest BCUT2D eigenvalue weighted by atomic mass is 16.2. The van der Waals surface area contributed by atoms with Crippen molar-refractivity contribution in [1.29, 1.82) is 0 Å². The first-order valence-electron chi connectivity index (χ1n) is 6.90. The fraction of sp³-hybridized carbons (Fsp3) is 0.176. The normalized spacial score (nSPS) is 10.6. The van der Waals surface area contributed by atoms with Crippen LogP contribution in [0.2, 0.25) is 0 Å². The molecule has 0 aliphatic heterocycles. The molecule has 4 heteroatoms. The van der Waals surface area contributed by atoms with E-state index < -0.39 is 0 Å². The largest absolute Gasteiger partial charge is 0.323 e. The van der Waals surface area contributed by atoms with Gasteiger partial charge in [0, 0.05) is 24.6 Å². The number of nitrogens with one attached hydrogen (secondary N) is 2. The number of benzene rings is 2. The first-order valence-corrected chi connectivity index (χ1v) is 6.90. The quantitative estimate of drug-likeness (QED) is 0.819. The lowest BCUT2D eigenvalue weighted by atomic mass is 10.1. The Morgan fingerprint density at radius 2 is 1.52 bits per heavy atom. The van der Waals surface area contributed by atoms with Crippen LogP contribution in [0.15, 0.2) is 53.5 Å². The number of anilines is 2. The van der Waals surface area contributed by atoms with Gasteiger partial charge in [-0.25, -0.2) is 4.79 Å². The van der Waals surface area contributed by atoms with E-state index in [1.54, 1.807) is 13.3 Å². The topological polar surface area (TPSA) is 53.5 Å². The number of nitrogens with zero attached hydrogens (tertiary/aromatic N) is 1. The summed E-state index contributed by atoms with van der Waals surface area (Å²) in [4.78, 5) is 15.8. The van der Waals surface area contributed by atoms with Crippen molar-refractivity contribution in [2.75, 3.05) is 17.7 Å². The van der Waals surface area contributed by atoms with Crippen molar-refractivity contribution >= 4 is 23.6 Å².